The average Bonchev–Trinajstić information content (AvgIpc) is 1.96. The molecule has 0 amide bonds. The highest BCUT2D eigenvalue weighted by atomic mass is 79.9. The van der Waals surface area contributed by atoms with Crippen molar-refractivity contribution in [3.63, 3.8) is 0 Å². The fourth-order valence-electron chi connectivity index (χ4n) is 0.801. The Morgan fingerprint density at radius 2 is 2.17 bits per heavy atom. The van der Waals surface area contributed by atoms with Crippen LogP contribution in [0, 0.1) is 6.92 Å². The maximum atomic E-state index is 12.1. The van der Waals surface area contributed by atoms with Crippen LogP contribution in [0.3, 0.4) is 0 Å². The zero-order chi connectivity index (χ0) is 9.30. The lowest BCUT2D eigenvalue weighted by atomic mass is 10.2. The molecule has 1 aromatic rings. The molecule has 0 aromatic carbocycles. The summed E-state index contributed by atoms with van der Waals surface area (Å²) in [6.45, 7) is 1.54. The first-order valence-electron chi connectivity index (χ1n) is 3.16. The van der Waals surface area contributed by atoms with Crippen LogP contribution in [0.15, 0.2) is 10.7 Å². The van der Waals surface area contributed by atoms with Gasteiger partial charge in [0.15, 0.2) is 0 Å². The van der Waals surface area contributed by atoms with Gasteiger partial charge in [-0.2, -0.15) is 0 Å². The first kappa shape index (κ1) is 9.38. The Labute approximate surface area is 76.4 Å². The molecule has 0 saturated carbocycles. The highest BCUT2D eigenvalue weighted by Crippen LogP contribution is 2.30. The first-order valence-corrected chi connectivity index (χ1v) is 3.96. The van der Waals surface area contributed by atoms with E-state index in [1.54, 1.807) is 0 Å². The predicted molar refractivity (Wildman–Crippen MR) is 43.3 cm³/mol. The lowest BCUT2D eigenvalue weighted by Gasteiger charge is -2.05. The third-order valence-electron chi connectivity index (χ3n) is 1.39. The van der Waals surface area contributed by atoms with Crippen LogP contribution in [-0.2, 0) is 0 Å². The predicted octanol–water partition coefficient (Wildman–Crippen LogP) is 2.80. The first-order chi connectivity index (χ1) is 5.52. The molecule has 12 heavy (non-hydrogen) atoms. The Balaban J connectivity index is 3.28. The second kappa shape index (κ2) is 3.35. The molecule has 0 atom stereocenters. The van der Waals surface area contributed by atoms with E-state index in [0.29, 0.717) is 10.2 Å². The van der Waals surface area contributed by atoms with E-state index in [1.807, 2.05) is 0 Å². The molecule has 0 aliphatic rings. The quantitative estimate of drug-likeness (QED) is 0.763. The van der Waals surface area contributed by atoms with Crippen LogP contribution in [-0.4, -0.2) is 10.1 Å². The molecule has 1 rings (SSSR count). The largest absolute Gasteiger partial charge is 0.506 e. The molecule has 0 spiro atoms. The van der Waals surface area contributed by atoms with Crippen LogP contribution >= 0.6 is 15.9 Å². The number of halogens is 3. The van der Waals surface area contributed by atoms with Gasteiger partial charge in [0.25, 0.3) is 6.43 Å². The zero-order valence-electron chi connectivity index (χ0n) is 6.18. The smallest absolute Gasteiger partial charge is 0.284 e. The molecule has 0 bridgehead atoms. The van der Waals surface area contributed by atoms with Gasteiger partial charge in [0.1, 0.15) is 16.0 Å². The van der Waals surface area contributed by atoms with Gasteiger partial charge in [-0.25, -0.2) is 13.8 Å². The van der Waals surface area contributed by atoms with Crippen molar-refractivity contribution in [2.75, 3.05) is 0 Å². The van der Waals surface area contributed by atoms with Crippen LogP contribution in [0.25, 0.3) is 0 Å². The van der Waals surface area contributed by atoms with Gasteiger partial charge in [-0.05, 0) is 34.5 Å². The van der Waals surface area contributed by atoms with Gasteiger partial charge >= 0.3 is 0 Å². The van der Waals surface area contributed by atoms with E-state index in [0.717, 1.165) is 0 Å². The summed E-state index contributed by atoms with van der Waals surface area (Å²) in [7, 11) is 0. The second-order valence-corrected chi connectivity index (χ2v) is 3.11. The Bertz CT molecular complexity index is 304. The number of hydrogen-bond donors (Lipinski definition) is 1. The standard InChI is InChI=1S/C7H6BrF2NO/c1-3-2-4(8)11-5(6(3)12)7(9)10/h2,7,12H,1H3. The molecule has 5 heteroatoms. The Kier molecular flexibility index (Phi) is 2.62. The second-order valence-electron chi connectivity index (χ2n) is 2.30. The molecule has 0 saturated heterocycles. The topological polar surface area (TPSA) is 33.1 Å². The number of nitrogens with zero attached hydrogens (tertiary/aromatic N) is 1. The fraction of sp³-hybridized carbons (Fsp3) is 0.286. The lowest BCUT2D eigenvalue weighted by molar-refractivity contribution is 0.141. The molecule has 1 N–H and O–H groups in total. The summed E-state index contributed by atoms with van der Waals surface area (Å²) < 4.78 is 24.6. The van der Waals surface area contributed by atoms with Crippen molar-refractivity contribution >= 4 is 15.9 Å². The molecular weight excluding hydrogens is 232 g/mol. The van der Waals surface area contributed by atoms with Crippen molar-refractivity contribution in [3.05, 3.63) is 21.9 Å². The van der Waals surface area contributed by atoms with E-state index in [1.165, 1.54) is 13.0 Å². The van der Waals surface area contributed by atoms with Crippen LogP contribution in [0.4, 0.5) is 8.78 Å². The molecule has 66 valence electrons. The van der Waals surface area contributed by atoms with E-state index < -0.39 is 17.9 Å². The molecule has 0 unspecified atom stereocenters. The number of aryl methyl sites for hydroxylation is 1. The third-order valence-corrected chi connectivity index (χ3v) is 1.79. The van der Waals surface area contributed by atoms with Crippen molar-refractivity contribution in [1.29, 1.82) is 0 Å². The van der Waals surface area contributed by atoms with E-state index in [9.17, 15) is 8.78 Å². The van der Waals surface area contributed by atoms with Gasteiger partial charge in [-0.15, -0.1) is 0 Å². The number of aromatic hydroxyl groups is 1. The minimum Gasteiger partial charge on any atom is -0.506 e. The molecule has 1 aromatic heterocycles. The fourth-order valence-corrected chi connectivity index (χ4v) is 1.34. The van der Waals surface area contributed by atoms with Gasteiger partial charge < -0.3 is 5.11 Å². The maximum Gasteiger partial charge on any atom is 0.284 e. The zero-order valence-corrected chi connectivity index (χ0v) is 7.77. The number of pyridine rings is 1. The van der Waals surface area contributed by atoms with Crippen LogP contribution in [0.1, 0.15) is 17.7 Å². The number of rotatable bonds is 1. The van der Waals surface area contributed by atoms with Gasteiger partial charge in [0.05, 0.1) is 0 Å². The minimum absolute atomic E-state index is 0.299. The summed E-state index contributed by atoms with van der Waals surface area (Å²) in [6.07, 6.45) is -2.75. The normalized spacial score (nSPS) is 10.8. The summed E-state index contributed by atoms with van der Waals surface area (Å²) in [5.41, 5.74) is -0.200. The molecule has 0 radical (unpaired) electrons. The van der Waals surface area contributed by atoms with Gasteiger partial charge in [0.2, 0.25) is 0 Å². The van der Waals surface area contributed by atoms with E-state index in [4.69, 9.17) is 5.11 Å². The molecule has 0 aliphatic carbocycles. The van der Waals surface area contributed by atoms with Crippen LogP contribution < -0.4 is 0 Å². The maximum absolute atomic E-state index is 12.1. The highest BCUT2D eigenvalue weighted by molar-refractivity contribution is 9.10. The summed E-state index contributed by atoms with van der Waals surface area (Å²) in [6, 6.07) is 1.47. The summed E-state index contributed by atoms with van der Waals surface area (Å²) in [5, 5.41) is 9.13. The molecule has 0 aliphatic heterocycles. The van der Waals surface area contributed by atoms with Crippen molar-refractivity contribution < 1.29 is 13.9 Å². The Morgan fingerprint density at radius 1 is 1.58 bits per heavy atom. The van der Waals surface area contributed by atoms with Gasteiger partial charge in [-0.1, -0.05) is 0 Å². The monoisotopic (exact) mass is 237 g/mol. The molecular formula is C7H6BrF2NO. The van der Waals surface area contributed by atoms with Crippen molar-refractivity contribution in [2.45, 2.75) is 13.3 Å². The number of hydrogen-bond acceptors (Lipinski definition) is 2. The summed E-state index contributed by atoms with van der Waals surface area (Å²) in [5.74, 6) is -0.437. The SMILES string of the molecule is Cc1cc(Br)nc(C(F)F)c1O. The van der Waals surface area contributed by atoms with Gasteiger partial charge in [-0.3, -0.25) is 0 Å². The molecule has 2 nitrogen and oxygen atoms in total. The molecule has 1 heterocycles. The van der Waals surface area contributed by atoms with E-state index in [-0.39, 0.29) is 0 Å². The van der Waals surface area contributed by atoms with Crippen LogP contribution in [0.5, 0.6) is 5.75 Å². The summed E-state index contributed by atoms with van der Waals surface area (Å²) in [4.78, 5) is 3.45. The van der Waals surface area contributed by atoms with E-state index >= 15 is 0 Å². The minimum atomic E-state index is -2.75. The van der Waals surface area contributed by atoms with Crippen molar-refractivity contribution in [1.82, 2.24) is 4.98 Å². The molecule has 0 fully saturated rings. The van der Waals surface area contributed by atoms with Crippen molar-refractivity contribution in [2.24, 2.45) is 0 Å². The summed E-state index contributed by atoms with van der Waals surface area (Å²) >= 11 is 2.96. The van der Waals surface area contributed by atoms with Gasteiger partial charge in [0, 0.05) is 0 Å². The van der Waals surface area contributed by atoms with Crippen LogP contribution in [0.2, 0.25) is 0 Å². The Hall–Kier alpha value is -0.710. The number of alkyl halides is 2. The van der Waals surface area contributed by atoms with E-state index in [2.05, 4.69) is 20.9 Å². The number of aromatic nitrogens is 1. The van der Waals surface area contributed by atoms with Crippen molar-refractivity contribution in [3.8, 4) is 5.75 Å². The third kappa shape index (κ3) is 1.72. The highest BCUT2D eigenvalue weighted by Gasteiger charge is 2.16. The lowest BCUT2D eigenvalue weighted by Crippen LogP contribution is -1.93. The Morgan fingerprint density at radius 3 is 2.67 bits per heavy atom. The average molecular weight is 238 g/mol.